The Hall–Kier alpha value is -1.58. The Morgan fingerprint density at radius 3 is 2.52 bits per heavy atom. The smallest absolute Gasteiger partial charge is 0.331 e. The number of benzene rings is 1. The van der Waals surface area contributed by atoms with Crippen LogP contribution in [-0.4, -0.2) is 18.1 Å². The third kappa shape index (κ3) is 3.55. The van der Waals surface area contributed by atoms with Crippen molar-refractivity contribution in [1.29, 1.82) is 0 Å². The van der Waals surface area contributed by atoms with Crippen molar-refractivity contribution >= 4 is 11.7 Å². The predicted octanol–water partition coefficient (Wildman–Crippen LogP) is 4.00. The van der Waals surface area contributed by atoms with E-state index < -0.39 is 5.54 Å². The first kappa shape index (κ1) is 15.8. The van der Waals surface area contributed by atoms with E-state index in [-0.39, 0.29) is 11.8 Å². The summed E-state index contributed by atoms with van der Waals surface area (Å²) < 4.78 is 19.2. The molecule has 4 heteroatoms. The third-order valence-corrected chi connectivity index (χ3v) is 4.11. The molecule has 2 rings (SSSR count). The van der Waals surface area contributed by atoms with E-state index in [2.05, 4.69) is 19.2 Å². The van der Waals surface area contributed by atoms with Gasteiger partial charge in [0.25, 0.3) is 0 Å². The summed E-state index contributed by atoms with van der Waals surface area (Å²) in [7, 11) is 0. The number of ether oxygens (including phenoxy) is 1. The SMILES string of the molecule is CCOC(=O)C1(Nc2ccccc2F)CC(C)CC(C)C1. The molecule has 0 spiro atoms. The van der Waals surface area contributed by atoms with Crippen molar-refractivity contribution in [3.05, 3.63) is 30.1 Å². The van der Waals surface area contributed by atoms with Crippen molar-refractivity contribution in [2.75, 3.05) is 11.9 Å². The van der Waals surface area contributed by atoms with Gasteiger partial charge in [0.1, 0.15) is 11.4 Å². The summed E-state index contributed by atoms with van der Waals surface area (Å²) in [5, 5.41) is 3.16. The molecule has 1 aromatic carbocycles. The van der Waals surface area contributed by atoms with Gasteiger partial charge in [0.2, 0.25) is 0 Å². The van der Waals surface area contributed by atoms with Crippen molar-refractivity contribution in [3.8, 4) is 0 Å². The number of anilines is 1. The minimum absolute atomic E-state index is 0.272. The highest BCUT2D eigenvalue weighted by Gasteiger charge is 2.45. The third-order valence-electron chi connectivity index (χ3n) is 4.11. The van der Waals surface area contributed by atoms with Crippen molar-refractivity contribution in [1.82, 2.24) is 0 Å². The van der Waals surface area contributed by atoms with Gasteiger partial charge >= 0.3 is 5.97 Å². The monoisotopic (exact) mass is 293 g/mol. The van der Waals surface area contributed by atoms with Crippen LogP contribution in [-0.2, 0) is 9.53 Å². The van der Waals surface area contributed by atoms with E-state index in [1.807, 2.05) is 0 Å². The zero-order valence-corrected chi connectivity index (χ0v) is 13.0. The molecular weight excluding hydrogens is 269 g/mol. The van der Waals surface area contributed by atoms with E-state index in [4.69, 9.17) is 4.74 Å². The van der Waals surface area contributed by atoms with Crippen LogP contribution in [0.1, 0.15) is 40.0 Å². The van der Waals surface area contributed by atoms with Crippen molar-refractivity contribution in [2.45, 2.75) is 45.6 Å². The van der Waals surface area contributed by atoms with Crippen LogP contribution >= 0.6 is 0 Å². The van der Waals surface area contributed by atoms with Crippen LogP contribution in [0.25, 0.3) is 0 Å². The number of hydrogen-bond acceptors (Lipinski definition) is 3. The first-order chi connectivity index (χ1) is 9.97. The number of rotatable bonds is 4. The highest BCUT2D eigenvalue weighted by atomic mass is 19.1. The number of hydrogen-bond donors (Lipinski definition) is 1. The van der Waals surface area contributed by atoms with E-state index >= 15 is 0 Å². The zero-order chi connectivity index (χ0) is 15.5. The molecule has 1 aliphatic carbocycles. The first-order valence-electron chi connectivity index (χ1n) is 7.67. The number of esters is 1. The van der Waals surface area contributed by atoms with Crippen molar-refractivity contribution < 1.29 is 13.9 Å². The highest BCUT2D eigenvalue weighted by Crippen LogP contribution is 2.39. The minimum atomic E-state index is -0.824. The zero-order valence-electron chi connectivity index (χ0n) is 13.0. The molecule has 1 fully saturated rings. The average Bonchev–Trinajstić information content (AvgIpc) is 2.40. The van der Waals surface area contributed by atoms with Gasteiger partial charge in [0, 0.05) is 0 Å². The second kappa shape index (κ2) is 6.46. The molecule has 1 N–H and O–H groups in total. The molecule has 0 aliphatic heterocycles. The molecule has 0 saturated heterocycles. The summed E-state index contributed by atoms with van der Waals surface area (Å²) in [5.41, 5.74) is -0.457. The minimum Gasteiger partial charge on any atom is -0.464 e. The molecule has 1 saturated carbocycles. The fourth-order valence-corrected chi connectivity index (χ4v) is 3.54. The lowest BCUT2D eigenvalue weighted by Gasteiger charge is -2.42. The number of halogens is 1. The molecule has 0 radical (unpaired) electrons. The van der Waals surface area contributed by atoms with Gasteiger partial charge in [-0.2, -0.15) is 0 Å². The maximum atomic E-state index is 13.9. The van der Waals surface area contributed by atoms with Crippen LogP contribution < -0.4 is 5.32 Å². The molecular formula is C17H24FNO2. The second-order valence-electron chi connectivity index (χ2n) is 6.26. The second-order valence-corrected chi connectivity index (χ2v) is 6.26. The maximum absolute atomic E-state index is 13.9. The topological polar surface area (TPSA) is 38.3 Å². The molecule has 0 bridgehead atoms. The van der Waals surface area contributed by atoms with Gasteiger partial charge in [-0.1, -0.05) is 26.0 Å². The van der Waals surface area contributed by atoms with Gasteiger partial charge in [-0.05, 0) is 50.2 Å². The Bertz CT molecular complexity index is 493. The van der Waals surface area contributed by atoms with Gasteiger partial charge in [0.15, 0.2) is 0 Å². The van der Waals surface area contributed by atoms with E-state index in [0.29, 0.717) is 37.0 Å². The molecule has 1 aromatic rings. The standard InChI is InChI=1S/C17H24FNO2/c1-4-21-16(20)17(10-12(2)9-13(3)11-17)19-15-8-6-5-7-14(15)18/h5-8,12-13,19H,4,9-11H2,1-3H3. The number of carbonyl (C=O) groups excluding carboxylic acids is 1. The number of carbonyl (C=O) groups is 1. The average molecular weight is 293 g/mol. The molecule has 116 valence electrons. The summed E-state index contributed by atoms with van der Waals surface area (Å²) in [6, 6.07) is 6.47. The quantitative estimate of drug-likeness (QED) is 0.853. The van der Waals surface area contributed by atoms with E-state index in [0.717, 1.165) is 6.42 Å². The lowest BCUT2D eigenvalue weighted by atomic mass is 9.71. The molecule has 0 amide bonds. The number of nitrogens with one attached hydrogen (secondary N) is 1. The molecule has 0 aromatic heterocycles. The molecule has 0 heterocycles. The van der Waals surface area contributed by atoms with Crippen LogP contribution in [0.3, 0.4) is 0 Å². The Morgan fingerprint density at radius 1 is 1.33 bits per heavy atom. The van der Waals surface area contributed by atoms with Crippen LogP contribution in [0, 0.1) is 17.7 Å². The van der Waals surface area contributed by atoms with Gasteiger partial charge in [0.05, 0.1) is 12.3 Å². The van der Waals surface area contributed by atoms with Crippen LogP contribution in [0.5, 0.6) is 0 Å². The summed E-state index contributed by atoms with van der Waals surface area (Å²) in [6.07, 6.45) is 2.43. The number of para-hydroxylation sites is 1. The molecule has 2 unspecified atom stereocenters. The van der Waals surface area contributed by atoms with Crippen molar-refractivity contribution in [2.24, 2.45) is 11.8 Å². The Labute approximate surface area is 125 Å². The Balaban J connectivity index is 2.32. The van der Waals surface area contributed by atoms with Gasteiger partial charge < -0.3 is 10.1 Å². The fraction of sp³-hybridized carbons (Fsp3) is 0.588. The van der Waals surface area contributed by atoms with Gasteiger partial charge in [-0.3, -0.25) is 0 Å². The fourth-order valence-electron chi connectivity index (χ4n) is 3.54. The Kier molecular flexibility index (Phi) is 4.86. The molecule has 21 heavy (non-hydrogen) atoms. The first-order valence-corrected chi connectivity index (χ1v) is 7.67. The predicted molar refractivity (Wildman–Crippen MR) is 81.6 cm³/mol. The molecule has 3 nitrogen and oxygen atoms in total. The lowest BCUT2D eigenvalue weighted by Crippen LogP contribution is -2.52. The highest BCUT2D eigenvalue weighted by molar-refractivity contribution is 5.85. The molecule has 1 aliphatic rings. The summed E-state index contributed by atoms with van der Waals surface area (Å²) in [4.78, 5) is 12.5. The van der Waals surface area contributed by atoms with E-state index in [9.17, 15) is 9.18 Å². The largest absolute Gasteiger partial charge is 0.464 e. The summed E-state index contributed by atoms with van der Waals surface area (Å²) in [6.45, 7) is 6.39. The molecule has 2 atom stereocenters. The summed E-state index contributed by atoms with van der Waals surface area (Å²) >= 11 is 0. The Morgan fingerprint density at radius 2 is 1.95 bits per heavy atom. The van der Waals surface area contributed by atoms with E-state index in [1.165, 1.54) is 6.07 Å². The van der Waals surface area contributed by atoms with Crippen LogP contribution in [0.4, 0.5) is 10.1 Å². The van der Waals surface area contributed by atoms with Gasteiger partial charge in [-0.25, -0.2) is 9.18 Å². The summed E-state index contributed by atoms with van der Waals surface area (Å²) in [5.74, 6) is 0.188. The van der Waals surface area contributed by atoms with Crippen molar-refractivity contribution in [3.63, 3.8) is 0 Å². The normalized spacial score (nSPS) is 29.0. The van der Waals surface area contributed by atoms with Crippen LogP contribution in [0.15, 0.2) is 24.3 Å². The van der Waals surface area contributed by atoms with Gasteiger partial charge in [-0.15, -0.1) is 0 Å². The van der Waals surface area contributed by atoms with Crippen LogP contribution in [0.2, 0.25) is 0 Å². The maximum Gasteiger partial charge on any atom is 0.331 e. The van der Waals surface area contributed by atoms with E-state index in [1.54, 1.807) is 25.1 Å². The lowest BCUT2D eigenvalue weighted by molar-refractivity contribution is -0.151.